The van der Waals surface area contributed by atoms with E-state index in [-0.39, 0.29) is 6.04 Å². The fourth-order valence-corrected chi connectivity index (χ4v) is 5.28. The van der Waals surface area contributed by atoms with Gasteiger partial charge in [0.2, 0.25) is 10.0 Å². The van der Waals surface area contributed by atoms with Gasteiger partial charge < -0.3 is 5.32 Å². The Morgan fingerprint density at radius 1 is 1.48 bits per heavy atom. The van der Waals surface area contributed by atoms with E-state index in [2.05, 4.69) is 12.2 Å². The quantitative estimate of drug-likeness (QED) is 0.659. The molecule has 0 aliphatic rings. The maximum Gasteiger partial charge on any atom is 0.244 e. The van der Waals surface area contributed by atoms with Gasteiger partial charge in [-0.05, 0) is 49.8 Å². The van der Waals surface area contributed by atoms with E-state index in [9.17, 15) is 8.42 Å². The van der Waals surface area contributed by atoms with Crippen LogP contribution in [0.15, 0.2) is 16.3 Å². The van der Waals surface area contributed by atoms with Crippen LogP contribution in [0.5, 0.6) is 0 Å². The van der Waals surface area contributed by atoms with Gasteiger partial charge in [-0.3, -0.25) is 0 Å². The highest BCUT2D eigenvalue weighted by Crippen LogP contribution is 2.26. The molecule has 0 bridgehead atoms. The van der Waals surface area contributed by atoms with E-state index in [0.29, 0.717) is 11.4 Å². The zero-order valence-corrected chi connectivity index (χ0v) is 15.7. The van der Waals surface area contributed by atoms with E-state index in [4.69, 9.17) is 0 Å². The molecule has 4 nitrogen and oxygen atoms in total. The highest BCUT2D eigenvalue weighted by atomic mass is 32.2. The lowest BCUT2D eigenvalue weighted by atomic mass is 10.3. The summed E-state index contributed by atoms with van der Waals surface area (Å²) in [5.41, 5.74) is 0. The predicted octanol–water partition coefficient (Wildman–Crippen LogP) is 3.01. The summed E-state index contributed by atoms with van der Waals surface area (Å²) in [6.45, 7) is 5.58. The normalized spacial score (nSPS) is 13.8. The Kier molecular flexibility index (Phi) is 8.26. The van der Waals surface area contributed by atoms with Crippen LogP contribution in [0.25, 0.3) is 0 Å². The molecule has 0 aromatic carbocycles. The molecule has 7 heteroatoms. The summed E-state index contributed by atoms with van der Waals surface area (Å²) < 4.78 is 27.0. The van der Waals surface area contributed by atoms with E-state index in [1.165, 1.54) is 15.6 Å². The molecule has 0 spiro atoms. The van der Waals surface area contributed by atoms with Crippen LogP contribution in [0.3, 0.4) is 0 Å². The number of hydrogen-bond acceptors (Lipinski definition) is 5. The number of nitrogens with one attached hydrogen (secondary N) is 1. The number of hydrogen-bond donors (Lipinski definition) is 1. The Hall–Kier alpha value is -0.0800. The van der Waals surface area contributed by atoms with Crippen LogP contribution in [0.2, 0.25) is 0 Å². The lowest BCUT2D eigenvalue weighted by molar-refractivity contribution is 0.382. The Morgan fingerprint density at radius 3 is 2.81 bits per heavy atom. The molecular formula is C14H26N2O2S3. The number of thioether (sulfide) groups is 1. The lowest BCUT2D eigenvalue weighted by Crippen LogP contribution is -2.35. The number of sulfonamides is 1. The van der Waals surface area contributed by atoms with Gasteiger partial charge in [0, 0.05) is 24.5 Å². The molecule has 1 atom stereocenters. The standard InChI is InChI=1S/C14H26N2O2S3/c1-5-8-15-11-13-14(7-10-20-13)21(17,18)16(3)12(2)6-9-19-4/h7,10,12,15H,5-6,8-9,11H2,1-4H3. The molecule has 1 heterocycles. The Bertz CT molecular complexity index is 514. The molecule has 0 saturated carbocycles. The van der Waals surface area contributed by atoms with Crippen LogP contribution in [0.4, 0.5) is 0 Å². The zero-order chi connectivity index (χ0) is 15.9. The van der Waals surface area contributed by atoms with Crippen molar-refractivity contribution in [3.8, 4) is 0 Å². The van der Waals surface area contributed by atoms with Crippen LogP contribution in [-0.2, 0) is 16.6 Å². The lowest BCUT2D eigenvalue weighted by Gasteiger charge is -2.24. The van der Waals surface area contributed by atoms with Crippen molar-refractivity contribution in [3.63, 3.8) is 0 Å². The molecule has 1 aromatic heterocycles. The SMILES string of the molecule is CCCNCc1sccc1S(=O)(=O)N(C)C(C)CCSC. The summed E-state index contributed by atoms with van der Waals surface area (Å²) in [5, 5.41) is 5.13. The predicted molar refractivity (Wildman–Crippen MR) is 93.7 cm³/mol. The average molecular weight is 351 g/mol. The minimum absolute atomic E-state index is 0.0128. The van der Waals surface area contributed by atoms with Crippen molar-refractivity contribution in [3.05, 3.63) is 16.3 Å². The van der Waals surface area contributed by atoms with Crippen molar-refractivity contribution in [2.75, 3.05) is 25.6 Å². The molecule has 0 fully saturated rings. The minimum Gasteiger partial charge on any atom is -0.312 e. The molecule has 1 N–H and O–H groups in total. The maximum absolute atomic E-state index is 12.7. The largest absolute Gasteiger partial charge is 0.312 e. The van der Waals surface area contributed by atoms with Gasteiger partial charge in [0.25, 0.3) is 0 Å². The fourth-order valence-electron chi connectivity index (χ4n) is 1.93. The second kappa shape index (κ2) is 9.15. The van der Waals surface area contributed by atoms with Crippen molar-refractivity contribution in [1.82, 2.24) is 9.62 Å². The van der Waals surface area contributed by atoms with Crippen LogP contribution in [-0.4, -0.2) is 44.4 Å². The van der Waals surface area contributed by atoms with Crippen LogP contribution >= 0.6 is 23.1 Å². The van der Waals surface area contributed by atoms with Crippen molar-refractivity contribution < 1.29 is 8.42 Å². The number of nitrogens with zero attached hydrogens (tertiary/aromatic N) is 1. The molecule has 122 valence electrons. The highest BCUT2D eigenvalue weighted by Gasteiger charge is 2.27. The first-order valence-electron chi connectivity index (χ1n) is 7.19. The van der Waals surface area contributed by atoms with E-state index >= 15 is 0 Å². The van der Waals surface area contributed by atoms with E-state index in [1.54, 1.807) is 24.9 Å². The average Bonchev–Trinajstić information content (AvgIpc) is 2.93. The van der Waals surface area contributed by atoms with Gasteiger partial charge in [-0.1, -0.05) is 6.92 Å². The third-order valence-electron chi connectivity index (χ3n) is 3.43. The fraction of sp³-hybridized carbons (Fsp3) is 0.714. The first-order chi connectivity index (χ1) is 9.95. The van der Waals surface area contributed by atoms with Gasteiger partial charge in [0.05, 0.1) is 4.90 Å². The molecule has 1 unspecified atom stereocenters. The van der Waals surface area contributed by atoms with Crippen molar-refractivity contribution >= 4 is 33.1 Å². The first kappa shape index (κ1) is 19.0. The summed E-state index contributed by atoms with van der Waals surface area (Å²) >= 11 is 3.24. The number of thiophene rings is 1. The van der Waals surface area contributed by atoms with Crippen molar-refractivity contribution in [2.24, 2.45) is 0 Å². The Morgan fingerprint density at radius 2 is 2.19 bits per heavy atom. The van der Waals surface area contributed by atoms with Gasteiger partial charge >= 0.3 is 0 Å². The molecule has 0 aliphatic carbocycles. The Balaban J connectivity index is 2.84. The molecule has 0 amide bonds. The van der Waals surface area contributed by atoms with Gasteiger partial charge in [0.15, 0.2) is 0 Å². The molecule has 21 heavy (non-hydrogen) atoms. The van der Waals surface area contributed by atoms with Gasteiger partial charge in [-0.2, -0.15) is 16.1 Å². The number of rotatable bonds is 10. The van der Waals surface area contributed by atoms with Crippen molar-refractivity contribution in [2.45, 2.75) is 44.2 Å². The zero-order valence-electron chi connectivity index (χ0n) is 13.3. The third-order valence-corrected chi connectivity index (χ3v) is 7.18. The summed E-state index contributed by atoms with van der Waals surface area (Å²) in [7, 11) is -1.72. The third kappa shape index (κ3) is 5.25. The topological polar surface area (TPSA) is 49.4 Å². The van der Waals surface area contributed by atoms with E-state index < -0.39 is 10.0 Å². The smallest absolute Gasteiger partial charge is 0.244 e. The van der Waals surface area contributed by atoms with Gasteiger partial charge in [-0.15, -0.1) is 11.3 Å². The second-order valence-electron chi connectivity index (χ2n) is 5.04. The van der Waals surface area contributed by atoms with Crippen molar-refractivity contribution in [1.29, 1.82) is 0 Å². The maximum atomic E-state index is 12.7. The van der Waals surface area contributed by atoms with Crippen LogP contribution < -0.4 is 5.32 Å². The summed E-state index contributed by atoms with van der Waals surface area (Å²) in [6, 6.07) is 1.74. The summed E-state index contributed by atoms with van der Waals surface area (Å²) in [6.07, 6.45) is 3.95. The minimum atomic E-state index is -3.40. The summed E-state index contributed by atoms with van der Waals surface area (Å²) in [5.74, 6) is 0.968. The molecule has 1 aromatic rings. The second-order valence-corrected chi connectivity index (χ2v) is 8.99. The molecule has 0 aliphatic heterocycles. The van der Waals surface area contributed by atoms with E-state index in [1.807, 2.05) is 18.6 Å². The van der Waals surface area contributed by atoms with Crippen LogP contribution in [0, 0.1) is 0 Å². The highest BCUT2D eigenvalue weighted by molar-refractivity contribution is 7.98. The molecular weight excluding hydrogens is 324 g/mol. The van der Waals surface area contributed by atoms with Gasteiger partial charge in [-0.25, -0.2) is 8.42 Å². The molecule has 0 radical (unpaired) electrons. The molecule has 1 rings (SSSR count). The van der Waals surface area contributed by atoms with Gasteiger partial charge in [0.1, 0.15) is 0 Å². The van der Waals surface area contributed by atoms with Crippen LogP contribution in [0.1, 0.15) is 31.6 Å². The Labute approximate surface area is 137 Å². The first-order valence-corrected chi connectivity index (χ1v) is 10.9. The van der Waals surface area contributed by atoms with E-state index in [0.717, 1.165) is 30.0 Å². The monoisotopic (exact) mass is 350 g/mol. The molecule has 0 saturated heterocycles. The summed E-state index contributed by atoms with van der Waals surface area (Å²) in [4.78, 5) is 1.35.